The monoisotopic (exact) mass is 1170 g/mol. The number of amides is 3. The van der Waals surface area contributed by atoms with Gasteiger partial charge in [-0.2, -0.15) is 10.2 Å². The molecule has 1 fully saturated rings. The number of hydrogen-bond acceptors (Lipinski definition) is 13. The summed E-state index contributed by atoms with van der Waals surface area (Å²) in [6, 6.07) is 30.4. The van der Waals surface area contributed by atoms with E-state index in [0.717, 1.165) is 16.9 Å². The van der Waals surface area contributed by atoms with Crippen molar-refractivity contribution in [3.05, 3.63) is 173 Å². The SMILES string of the molecule is COc1ccc(C(=O)CC2(O)C(=O)Nc3c(Cl)ccc(Cl)c32)cc1.COc1ccc(C2(CC3(O)C(=O)Nc4c(Cl)ccc(Cl)c43)CN2)cc1.COc1ccc(C2(CC3(O)C(=O)Nc4c(Cl)ccc(Cl)c43)N=N2)cc1.[V]. The summed E-state index contributed by atoms with van der Waals surface area (Å²) in [5.74, 6) is -0.201. The topological polar surface area (TPSA) is 239 Å². The Balaban J connectivity index is 0.000000148. The van der Waals surface area contributed by atoms with Gasteiger partial charge in [-0.05, 0) is 90.5 Å². The molecule has 23 heteroatoms. The number of nitrogens with one attached hydrogen (secondary N) is 4. The Hall–Kier alpha value is -5.44. The minimum Gasteiger partial charge on any atom is -0.497 e. The molecule has 6 aromatic carbocycles. The number of anilines is 3. The number of nitrogens with zero attached hydrogens (tertiary/aromatic N) is 2. The van der Waals surface area contributed by atoms with Crippen LogP contribution in [0.3, 0.4) is 0 Å². The number of benzene rings is 6. The van der Waals surface area contributed by atoms with Gasteiger partial charge in [-0.25, -0.2) is 0 Å². The Morgan fingerprint density at radius 1 is 0.507 bits per heavy atom. The van der Waals surface area contributed by atoms with Crippen molar-refractivity contribution in [2.24, 2.45) is 10.2 Å². The van der Waals surface area contributed by atoms with Crippen LogP contribution < -0.4 is 35.5 Å². The standard InChI is InChI=1S/C18H16Cl2N2O3.C17H13Cl2N3O3.C17H13Cl2NO4.V/c1-25-11-4-2-10(3-5-11)17(9-21-17)8-18(24)14-12(19)6-7-13(20)15(14)22-16(18)23;1-25-10-4-2-9(3-5-10)17(21-22-17)8-16(24)13-11(18)6-7-12(19)14(13)20-15(16)23;1-24-10-4-2-9(3-5-10)13(21)8-17(23)14-11(18)6-7-12(19)15(14)20-16(17)22;/h2-7,21,24H,8-9H2,1H3,(H,22,23);2-7,24H,8H2,1H3,(H,20,23);2-7,23H,8H2,1H3,(H,20,22);. The van der Waals surface area contributed by atoms with Crippen LogP contribution in [-0.2, 0) is 60.9 Å². The third kappa shape index (κ3) is 10.2. The van der Waals surface area contributed by atoms with Gasteiger partial charge in [-0.3, -0.25) is 19.2 Å². The summed E-state index contributed by atoms with van der Waals surface area (Å²) in [5, 5.41) is 54.1. The molecule has 6 aromatic rings. The van der Waals surface area contributed by atoms with Crippen molar-refractivity contribution in [3.8, 4) is 17.2 Å². The molecule has 1 saturated heterocycles. The number of ketones is 1. The third-order valence-electron chi connectivity index (χ3n) is 13.4. The van der Waals surface area contributed by atoms with Gasteiger partial charge < -0.3 is 50.8 Å². The summed E-state index contributed by atoms with van der Waals surface area (Å²) in [6.45, 7) is 0.655. The van der Waals surface area contributed by atoms with E-state index in [1.807, 2.05) is 24.3 Å². The minimum atomic E-state index is -2.06. The molecule has 4 unspecified atom stereocenters. The molecule has 5 aliphatic heterocycles. The molecule has 5 aliphatic rings. The number of carbonyl (C=O) groups is 4. The molecule has 0 spiro atoms. The van der Waals surface area contributed by atoms with Crippen LogP contribution in [0.1, 0.15) is 57.4 Å². The van der Waals surface area contributed by atoms with Gasteiger partial charge in [-0.15, -0.1) is 0 Å². The number of fused-ring (bicyclic) bond motifs is 3. The summed E-state index contributed by atoms with van der Waals surface area (Å²) in [7, 11) is 4.70. The second-order valence-corrected chi connectivity index (χ2v) is 20.3. The predicted molar refractivity (Wildman–Crippen MR) is 280 cm³/mol. The van der Waals surface area contributed by atoms with Gasteiger partial charge in [0, 0.05) is 80.8 Å². The van der Waals surface area contributed by atoms with Gasteiger partial charge in [0.25, 0.3) is 17.7 Å². The van der Waals surface area contributed by atoms with Crippen molar-refractivity contribution in [3.63, 3.8) is 0 Å². The largest absolute Gasteiger partial charge is 0.497 e. The summed E-state index contributed by atoms with van der Waals surface area (Å²) >= 11 is 37.0. The third-order valence-corrected chi connectivity index (χ3v) is 15.3. The first-order chi connectivity index (χ1) is 35.2. The van der Waals surface area contributed by atoms with Crippen LogP contribution in [0.4, 0.5) is 17.1 Å². The molecule has 0 saturated carbocycles. The summed E-state index contributed by atoms with van der Waals surface area (Å²) in [4.78, 5) is 49.9. The fourth-order valence-corrected chi connectivity index (χ4v) is 10.8. The van der Waals surface area contributed by atoms with E-state index in [0.29, 0.717) is 55.6 Å². The Bertz CT molecular complexity index is 3180. The number of Topliss-reactive ketones (excluding diaryl/α,β-unsaturated/α-hetero) is 1. The predicted octanol–water partition coefficient (Wildman–Crippen LogP) is 10.3. The molecule has 0 aromatic heterocycles. The maximum atomic E-state index is 12.6. The average molecular weight is 1170 g/mol. The first-order valence-electron chi connectivity index (χ1n) is 22.4. The van der Waals surface area contributed by atoms with Gasteiger partial charge >= 0.3 is 0 Å². The van der Waals surface area contributed by atoms with Crippen LogP contribution in [-0.4, -0.2) is 66.7 Å². The van der Waals surface area contributed by atoms with Crippen LogP contribution in [0.15, 0.2) is 119 Å². The first-order valence-corrected chi connectivity index (χ1v) is 24.6. The van der Waals surface area contributed by atoms with Gasteiger partial charge in [0.15, 0.2) is 22.6 Å². The van der Waals surface area contributed by atoms with E-state index in [9.17, 15) is 34.5 Å². The number of carbonyl (C=O) groups excluding carboxylic acids is 4. The number of hydrogen-bond donors (Lipinski definition) is 7. The summed E-state index contributed by atoms with van der Waals surface area (Å²) in [6.07, 6.45) is -0.353. The molecule has 11 rings (SSSR count). The molecule has 0 aliphatic carbocycles. The van der Waals surface area contributed by atoms with E-state index in [-0.39, 0.29) is 63.3 Å². The van der Waals surface area contributed by atoms with Crippen molar-refractivity contribution in [1.29, 1.82) is 0 Å². The number of methoxy groups -OCH3 is 3. The van der Waals surface area contributed by atoms with E-state index in [1.165, 1.54) is 19.2 Å². The van der Waals surface area contributed by atoms with Crippen molar-refractivity contribution < 1.29 is 67.3 Å². The van der Waals surface area contributed by atoms with E-state index >= 15 is 0 Å². The molecule has 7 N–H and O–H groups in total. The molecule has 4 atom stereocenters. The molecular weight excluding hydrogens is 1130 g/mol. The smallest absolute Gasteiger partial charge is 0.261 e. The van der Waals surface area contributed by atoms with Gasteiger partial charge in [-0.1, -0.05) is 93.9 Å². The Kier molecular flexibility index (Phi) is 15.8. The molecule has 5 heterocycles. The Morgan fingerprint density at radius 2 is 0.840 bits per heavy atom. The van der Waals surface area contributed by atoms with Crippen LogP contribution in [0, 0.1) is 0 Å². The average Bonchev–Trinajstić information content (AvgIpc) is 4.29. The van der Waals surface area contributed by atoms with Crippen LogP contribution in [0.25, 0.3) is 0 Å². The first kappa shape index (κ1) is 55.8. The minimum absolute atomic E-state index is 0. The number of ether oxygens (including phenoxy) is 3. The Morgan fingerprint density at radius 3 is 1.21 bits per heavy atom. The van der Waals surface area contributed by atoms with Crippen molar-refractivity contribution in [2.75, 3.05) is 43.8 Å². The van der Waals surface area contributed by atoms with Gasteiger partial charge in [0.2, 0.25) is 5.66 Å². The van der Waals surface area contributed by atoms with Gasteiger partial charge in [0.1, 0.15) is 17.2 Å². The molecule has 0 bridgehead atoms. The fourth-order valence-electron chi connectivity index (χ4n) is 9.29. The van der Waals surface area contributed by atoms with E-state index in [2.05, 4.69) is 31.5 Å². The van der Waals surface area contributed by atoms with E-state index < -0.39 is 57.9 Å². The zero-order valence-corrected chi connectivity index (χ0v) is 45.5. The Labute approximate surface area is 470 Å². The zero-order valence-electron chi connectivity index (χ0n) is 39.5. The second-order valence-electron chi connectivity index (χ2n) is 17.9. The fraction of sp³-hybridized carbons (Fsp3) is 0.231. The number of aliphatic hydroxyl groups is 3. The van der Waals surface area contributed by atoms with E-state index in [4.69, 9.17) is 83.8 Å². The van der Waals surface area contributed by atoms with Crippen molar-refractivity contribution in [1.82, 2.24) is 5.32 Å². The maximum absolute atomic E-state index is 12.6. The van der Waals surface area contributed by atoms with Crippen molar-refractivity contribution in [2.45, 2.75) is 47.3 Å². The second kappa shape index (κ2) is 21.2. The summed E-state index contributed by atoms with van der Waals surface area (Å²) in [5.41, 5.74) is -3.43. The zero-order chi connectivity index (χ0) is 53.1. The number of rotatable bonds is 12. The molecule has 1 radical (unpaired) electrons. The molecule has 3 amide bonds. The molecular formula is C52H42Cl6N6O10V. The summed E-state index contributed by atoms with van der Waals surface area (Å²) < 4.78 is 15.4. The number of halogens is 6. The van der Waals surface area contributed by atoms with Gasteiger partial charge in [0.05, 0.1) is 65.4 Å². The normalized spacial score (nSPS) is 22.5. The van der Waals surface area contributed by atoms with E-state index in [1.54, 1.807) is 87.0 Å². The van der Waals surface area contributed by atoms with Crippen molar-refractivity contribution >= 4 is 110 Å². The van der Waals surface area contributed by atoms with Crippen LogP contribution in [0.5, 0.6) is 17.2 Å². The quantitative estimate of drug-likeness (QED) is 0.0449. The maximum Gasteiger partial charge on any atom is 0.261 e. The molecule has 75 heavy (non-hydrogen) atoms. The van der Waals surface area contributed by atoms with Crippen LogP contribution >= 0.6 is 69.6 Å². The molecule has 16 nitrogen and oxygen atoms in total. The molecule has 387 valence electrons. The van der Waals surface area contributed by atoms with Crippen LogP contribution in [0.2, 0.25) is 30.1 Å².